The van der Waals surface area contributed by atoms with Crippen LogP contribution in [0, 0.1) is 5.92 Å². The normalized spacial score (nSPS) is 23.3. The molecule has 0 saturated carbocycles. The van der Waals surface area contributed by atoms with E-state index >= 15 is 0 Å². The quantitative estimate of drug-likeness (QED) is 0.773. The Morgan fingerprint density at radius 1 is 1.19 bits per heavy atom. The predicted molar refractivity (Wildman–Crippen MR) is 88.2 cm³/mol. The van der Waals surface area contributed by atoms with Crippen LogP contribution >= 0.6 is 0 Å². The van der Waals surface area contributed by atoms with Crippen molar-refractivity contribution in [3.8, 4) is 0 Å². The van der Waals surface area contributed by atoms with Crippen molar-refractivity contribution in [1.82, 2.24) is 4.90 Å². The van der Waals surface area contributed by atoms with E-state index in [1.54, 1.807) is 0 Å². The molecule has 1 aromatic rings. The van der Waals surface area contributed by atoms with Gasteiger partial charge in [-0.1, -0.05) is 36.8 Å². The van der Waals surface area contributed by atoms with Gasteiger partial charge in [0.15, 0.2) is 0 Å². The molecule has 2 atom stereocenters. The second kappa shape index (κ2) is 9.19. The first-order chi connectivity index (χ1) is 10.3. The molecule has 1 saturated heterocycles. The minimum absolute atomic E-state index is 0.291. The highest BCUT2D eigenvalue weighted by atomic mass is 16.3. The van der Waals surface area contributed by atoms with E-state index in [2.05, 4.69) is 35.2 Å². The zero-order chi connectivity index (χ0) is 14.9. The number of hydrogen-bond donors (Lipinski definition) is 2. The van der Waals surface area contributed by atoms with Gasteiger partial charge in [0.25, 0.3) is 0 Å². The summed E-state index contributed by atoms with van der Waals surface area (Å²) < 4.78 is 0. The van der Waals surface area contributed by atoms with Crippen molar-refractivity contribution in [2.24, 2.45) is 11.7 Å². The monoisotopic (exact) mass is 290 g/mol. The number of benzene rings is 1. The number of nitrogens with two attached hydrogens (primary N) is 1. The van der Waals surface area contributed by atoms with Gasteiger partial charge in [0.05, 0.1) is 6.61 Å². The molecular formula is C18H30N2O. The van der Waals surface area contributed by atoms with Crippen LogP contribution in [-0.4, -0.2) is 42.3 Å². The first-order valence-electron chi connectivity index (χ1n) is 8.42. The van der Waals surface area contributed by atoms with Gasteiger partial charge in [-0.15, -0.1) is 0 Å². The number of piperidine rings is 1. The Balaban J connectivity index is 1.70. The Hall–Kier alpha value is -0.900. The molecule has 1 aliphatic rings. The first kappa shape index (κ1) is 16.5. The molecule has 0 radical (unpaired) electrons. The Kier molecular flexibility index (Phi) is 7.20. The molecule has 2 rings (SSSR count). The summed E-state index contributed by atoms with van der Waals surface area (Å²) in [7, 11) is 0. The predicted octanol–water partition coefficient (Wildman–Crippen LogP) is 2.43. The zero-order valence-corrected chi connectivity index (χ0v) is 13.1. The van der Waals surface area contributed by atoms with Crippen LogP contribution in [0.5, 0.6) is 0 Å². The van der Waals surface area contributed by atoms with Crippen LogP contribution in [0.1, 0.15) is 37.7 Å². The average Bonchev–Trinajstić information content (AvgIpc) is 2.54. The average molecular weight is 290 g/mol. The van der Waals surface area contributed by atoms with Crippen LogP contribution in [0.15, 0.2) is 30.3 Å². The van der Waals surface area contributed by atoms with Gasteiger partial charge >= 0.3 is 0 Å². The summed E-state index contributed by atoms with van der Waals surface area (Å²) in [6.45, 7) is 3.20. The third kappa shape index (κ3) is 5.42. The van der Waals surface area contributed by atoms with E-state index in [4.69, 9.17) is 5.73 Å². The number of hydrogen-bond acceptors (Lipinski definition) is 3. The zero-order valence-electron chi connectivity index (χ0n) is 13.1. The maximum absolute atomic E-state index is 9.61. The van der Waals surface area contributed by atoms with Gasteiger partial charge in [-0.3, -0.25) is 4.90 Å². The van der Waals surface area contributed by atoms with Crippen molar-refractivity contribution < 1.29 is 5.11 Å². The molecule has 1 aromatic carbocycles. The summed E-state index contributed by atoms with van der Waals surface area (Å²) in [5.74, 6) is 0.778. The number of aryl methyl sites for hydroxylation is 1. The van der Waals surface area contributed by atoms with Crippen LogP contribution < -0.4 is 5.73 Å². The molecule has 3 N–H and O–H groups in total. The largest absolute Gasteiger partial charge is 0.395 e. The Bertz CT molecular complexity index is 382. The van der Waals surface area contributed by atoms with Crippen molar-refractivity contribution in [2.45, 2.75) is 44.6 Å². The molecule has 118 valence electrons. The van der Waals surface area contributed by atoms with Crippen LogP contribution in [0.4, 0.5) is 0 Å². The smallest absolute Gasteiger partial charge is 0.0586 e. The van der Waals surface area contributed by atoms with Gasteiger partial charge in [-0.2, -0.15) is 0 Å². The van der Waals surface area contributed by atoms with E-state index in [0.29, 0.717) is 12.6 Å². The Morgan fingerprint density at radius 3 is 2.71 bits per heavy atom. The SMILES string of the molecule is NCCCN1CCC(CCCc2ccccc2)CC1CO. The maximum Gasteiger partial charge on any atom is 0.0586 e. The highest BCUT2D eigenvalue weighted by molar-refractivity contribution is 5.14. The molecule has 3 heteroatoms. The minimum atomic E-state index is 0.291. The van der Waals surface area contributed by atoms with E-state index < -0.39 is 0 Å². The summed E-state index contributed by atoms with van der Waals surface area (Å²) in [6, 6.07) is 11.1. The van der Waals surface area contributed by atoms with E-state index in [9.17, 15) is 5.11 Å². The fourth-order valence-corrected chi connectivity index (χ4v) is 3.46. The highest BCUT2D eigenvalue weighted by Crippen LogP contribution is 2.27. The molecule has 0 bridgehead atoms. The number of likely N-dealkylation sites (tertiary alicyclic amines) is 1. The van der Waals surface area contributed by atoms with Gasteiger partial charge < -0.3 is 10.8 Å². The van der Waals surface area contributed by atoms with Crippen LogP contribution in [0.2, 0.25) is 0 Å². The maximum atomic E-state index is 9.61. The summed E-state index contributed by atoms with van der Waals surface area (Å²) in [5, 5.41) is 9.61. The summed E-state index contributed by atoms with van der Waals surface area (Å²) in [4.78, 5) is 2.43. The summed E-state index contributed by atoms with van der Waals surface area (Å²) in [5.41, 5.74) is 7.03. The molecule has 0 aliphatic carbocycles. The molecule has 0 spiro atoms. The van der Waals surface area contributed by atoms with Crippen molar-refractivity contribution >= 4 is 0 Å². The van der Waals surface area contributed by atoms with Gasteiger partial charge in [0, 0.05) is 6.04 Å². The number of aliphatic hydroxyl groups excluding tert-OH is 1. The van der Waals surface area contributed by atoms with E-state index in [0.717, 1.165) is 38.4 Å². The van der Waals surface area contributed by atoms with Gasteiger partial charge in [-0.05, 0) is 63.2 Å². The van der Waals surface area contributed by atoms with Crippen LogP contribution in [0.25, 0.3) is 0 Å². The lowest BCUT2D eigenvalue weighted by Crippen LogP contribution is -2.45. The van der Waals surface area contributed by atoms with E-state index in [1.165, 1.54) is 31.2 Å². The van der Waals surface area contributed by atoms with Crippen LogP contribution in [-0.2, 0) is 6.42 Å². The molecule has 21 heavy (non-hydrogen) atoms. The Morgan fingerprint density at radius 2 is 2.00 bits per heavy atom. The first-order valence-corrected chi connectivity index (χ1v) is 8.42. The van der Waals surface area contributed by atoms with Gasteiger partial charge in [-0.25, -0.2) is 0 Å². The highest BCUT2D eigenvalue weighted by Gasteiger charge is 2.27. The lowest BCUT2D eigenvalue weighted by molar-refractivity contribution is 0.0620. The fourth-order valence-electron chi connectivity index (χ4n) is 3.46. The van der Waals surface area contributed by atoms with Crippen molar-refractivity contribution in [1.29, 1.82) is 0 Å². The standard InChI is InChI=1S/C18H30N2O/c19-11-5-12-20-13-10-17(14-18(20)15-21)9-4-8-16-6-2-1-3-7-16/h1-3,6-7,17-18,21H,4-5,8-15,19H2. The molecule has 0 aromatic heterocycles. The molecule has 2 unspecified atom stereocenters. The van der Waals surface area contributed by atoms with E-state index in [-0.39, 0.29) is 0 Å². The lowest BCUT2D eigenvalue weighted by atomic mass is 9.86. The second-order valence-corrected chi connectivity index (χ2v) is 6.28. The minimum Gasteiger partial charge on any atom is -0.395 e. The van der Waals surface area contributed by atoms with Crippen molar-refractivity contribution in [3.05, 3.63) is 35.9 Å². The molecule has 1 fully saturated rings. The second-order valence-electron chi connectivity index (χ2n) is 6.28. The molecule has 1 heterocycles. The number of aliphatic hydroxyl groups is 1. The Labute approximate surface area is 129 Å². The summed E-state index contributed by atoms with van der Waals surface area (Å²) in [6.07, 6.45) is 7.19. The van der Waals surface area contributed by atoms with Crippen molar-refractivity contribution in [2.75, 3.05) is 26.2 Å². The number of rotatable bonds is 8. The third-order valence-electron chi connectivity index (χ3n) is 4.73. The molecule has 3 nitrogen and oxygen atoms in total. The molecule has 0 amide bonds. The van der Waals surface area contributed by atoms with Crippen LogP contribution in [0.3, 0.4) is 0 Å². The molecular weight excluding hydrogens is 260 g/mol. The lowest BCUT2D eigenvalue weighted by Gasteiger charge is -2.38. The van der Waals surface area contributed by atoms with Gasteiger partial charge in [0.1, 0.15) is 0 Å². The fraction of sp³-hybridized carbons (Fsp3) is 0.667. The van der Waals surface area contributed by atoms with Crippen molar-refractivity contribution in [3.63, 3.8) is 0 Å². The molecule has 1 aliphatic heterocycles. The topological polar surface area (TPSA) is 49.5 Å². The van der Waals surface area contributed by atoms with Gasteiger partial charge in [0.2, 0.25) is 0 Å². The van der Waals surface area contributed by atoms with E-state index in [1.807, 2.05) is 0 Å². The third-order valence-corrected chi connectivity index (χ3v) is 4.73. The summed E-state index contributed by atoms with van der Waals surface area (Å²) >= 11 is 0. The number of nitrogens with zero attached hydrogens (tertiary/aromatic N) is 1.